The summed E-state index contributed by atoms with van der Waals surface area (Å²) in [5, 5.41) is 12.1. The standard InChI is InChI=1S/C14H17IN2O3/c1-14(13(19)20)6-3-7-17(14)9-12(18)16-11-5-2-4-10(15)8-11/h2,4-5,8H,3,6-7,9H2,1H3,(H,16,18)(H,19,20). The molecule has 2 rings (SSSR count). The molecule has 6 heteroatoms. The van der Waals surface area contributed by atoms with Gasteiger partial charge in [-0.1, -0.05) is 6.07 Å². The molecule has 0 spiro atoms. The number of halogens is 1. The zero-order valence-electron chi connectivity index (χ0n) is 11.2. The van der Waals surface area contributed by atoms with Gasteiger partial charge in [-0.25, -0.2) is 0 Å². The third-order valence-corrected chi connectivity index (χ3v) is 4.36. The highest BCUT2D eigenvalue weighted by Gasteiger charge is 2.43. The molecule has 0 radical (unpaired) electrons. The summed E-state index contributed by atoms with van der Waals surface area (Å²) in [6.07, 6.45) is 1.39. The van der Waals surface area contributed by atoms with E-state index in [-0.39, 0.29) is 12.5 Å². The van der Waals surface area contributed by atoms with Crippen LogP contribution in [0.5, 0.6) is 0 Å². The smallest absolute Gasteiger partial charge is 0.323 e. The first-order valence-corrected chi connectivity index (χ1v) is 7.53. The van der Waals surface area contributed by atoms with Crippen LogP contribution in [0.1, 0.15) is 19.8 Å². The van der Waals surface area contributed by atoms with E-state index in [0.717, 1.165) is 15.7 Å². The number of rotatable bonds is 4. The van der Waals surface area contributed by atoms with Gasteiger partial charge in [0, 0.05) is 9.26 Å². The Balaban J connectivity index is 2.00. The minimum absolute atomic E-state index is 0.105. The highest BCUT2D eigenvalue weighted by Crippen LogP contribution is 2.28. The molecule has 1 heterocycles. The Morgan fingerprint density at radius 2 is 2.25 bits per heavy atom. The molecule has 1 amide bonds. The zero-order valence-corrected chi connectivity index (χ0v) is 13.4. The number of nitrogens with zero attached hydrogens (tertiary/aromatic N) is 1. The Kier molecular flexibility index (Phi) is 4.64. The summed E-state index contributed by atoms with van der Waals surface area (Å²) in [7, 11) is 0. The van der Waals surface area contributed by atoms with E-state index in [1.165, 1.54) is 0 Å². The van der Waals surface area contributed by atoms with Crippen molar-refractivity contribution in [2.45, 2.75) is 25.3 Å². The molecule has 1 atom stereocenters. The van der Waals surface area contributed by atoms with E-state index in [1.807, 2.05) is 24.3 Å². The summed E-state index contributed by atoms with van der Waals surface area (Å²) in [5.74, 6) is -1.04. The van der Waals surface area contributed by atoms with Crippen LogP contribution < -0.4 is 5.32 Å². The van der Waals surface area contributed by atoms with Crippen molar-refractivity contribution >= 4 is 40.2 Å². The molecule has 1 saturated heterocycles. The Bertz CT molecular complexity index is 535. The van der Waals surface area contributed by atoms with Gasteiger partial charge in [0.15, 0.2) is 0 Å². The Hall–Kier alpha value is -1.15. The second kappa shape index (κ2) is 6.09. The molecule has 0 saturated carbocycles. The van der Waals surface area contributed by atoms with Crippen LogP contribution in [0.2, 0.25) is 0 Å². The molecule has 5 nitrogen and oxygen atoms in total. The van der Waals surface area contributed by atoms with Crippen LogP contribution in [0.15, 0.2) is 24.3 Å². The number of nitrogens with one attached hydrogen (secondary N) is 1. The molecular formula is C14H17IN2O3. The SMILES string of the molecule is CC1(C(=O)O)CCCN1CC(=O)Nc1cccc(I)c1. The van der Waals surface area contributed by atoms with Crippen LogP contribution in [0, 0.1) is 3.57 Å². The van der Waals surface area contributed by atoms with E-state index in [9.17, 15) is 14.7 Å². The van der Waals surface area contributed by atoms with Gasteiger partial charge in [0.05, 0.1) is 6.54 Å². The molecule has 108 valence electrons. The number of carbonyl (C=O) groups is 2. The summed E-state index contributed by atoms with van der Waals surface area (Å²) >= 11 is 2.18. The summed E-state index contributed by atoms with van der Waals surface area (Å²) < 4.78 is 1.04. The maximum Gasteiger partial charge on any atom is 0.323 e. The number of hydrogen-bond donors (Lipinski definition) is 2. The first-order chi connectivity index (χ1) is 9.41. The summed E-state index contributed by atoms with van der Waals surface area (Å²) in [4.78, 5) is 25.1. The molecule has 1 aliphatic heterocycles. The minimum atomic E-state index is -0.928. The number of anilines is 1. The quantitative estimate of drug-likeness (QED) is 0.776. The molecule has 20 heavy (non-hydrogen) atoms. The number of hydrogen-bond acceptors (Lipinski definition) is 3. The Morgan fingerprint density at radius 1 is 1.50 bits per heavy atom. The van der Waals surface area contributed by atoms with Crippen LogP contribution in [0.4, 0.5) is 5.69 Å². The van der Waals surface area contributed by atoms with Crippen molar-refractivity contribution in [2.24, 2.45) is 0 Å². The van der Waals surface area contributed by atoms with Crippen LogP contribution in [0.3, 0.4) is 0 Å². The molecule has 2 N–H and O–H groups in total. The molecule has 0 aliphatic carbocycles. The summed E-state index contributed by atoms with van der Waals surface area (Å²) in [5.41, 5.74) is -0.194. The van der Waals surface area contributed by atoms with Crippen LogP contribution >= 0.6 is 22.6 Å². The molecule has 1 aliphatic rings. The van der Waals surface area contributed by atoms with Crippen LogP contribution in [0.25, 0.3) is 0 Å². The number of carboxylic acids is 1. The molecule has 1 aromatic carbocycles. The van der Waals surface area contributed by atoms with E-state index in [1.54, 1.807) is 11.8 Å². The van der Waals surface area contributed by atoms with Crippen molar-refractivity contribution in [1.82, 2.24) is 4.90 Å². The normalized spacial score (nSPS) is 22.7. The predicted octanol–water partition coefficient (Wildman–Crippen LogP) is 2.17. The molecule has 1 unspecified atom stereocenters. The average molecular weight is 388 g/mol. The van der Waals surface area contributed by atoms with Gasteiger partial charge in [-0.3, -0.25) is 14.5 Å². The fraction of sp³-hybridized carbons (Fsp3) is 0.429. The van der Waals surface area contributed by atoms with Crippen molar-refractivity contribution in [3.05, 3.63) is 27.8 Å². The van der Waals surface area contributed by atoms with E-state index in [4.69, 9.17) is 0 Å². The fourth-order valence-electron chi connectivity index (χ4n) is 2.45. The van der Waals surface area contributed by atoms with Gasteiger partial charge in [-0.05, 0) is 67.1 Å². The monoisotopic (exact) mass is 388 g/mol. The van der Waals surface area contributed by atoms with Gasteiger partial charge >= 0.3 is 5.97 Å². The van der Waals surface area contributed by atoms with E-state index in [0.29, 0.717) is 13.0 Å². The summed E-state index contributed by atoms with van der Waals surface area (Å²) in [6, 6.07) is 7.51. The number of carboxylic acid groups (broad SMARTS) is 1. The molecule has 1 aromatic rings. The second-order valence-electron chi connectivity index (χ2n) is 5.16. The topological polar surface area (TPSA) is 69.6 Å². The van der Waals surface area contributed by atoms with E-state index < -0.39 is 11.5 Å². The Labute approximate surface area is 131 Å². The van der Waals surface area contributed by atoms with E-state index >= 15 is 0 Å². The lowest BCUT2D eigenvalue weighted by Gasteiger charge is -2.30. The largest absolute Gasteiger partial charge is 0.480 e. The third kappa shape index (κ3) is 3.29. The van der Waals surface area contributed by atoms with Crippen LogP contribution in [-0.2, 0) is 9.59 Å². The highest BCUT2D eigenvalue weighted by molar-refractivity contribution is 14.1. The van der Waals surface area contributed by atoms with Gasteiger partial charge in [0.1, 0.15) is 5.54 Å². The van der Waals surface area contributed by atoms with E-state index in [2.05, 4.69) is 27.9 Å². The van der Waals surface area contributed by atoms with Gasteiger partial charge in [-0.2, -0.15) is 0 Å². The van der Waals surface area contributed by atoms with Crippen LogP contribution in [-0.4, -0.2) is 40.5 Å². The third-order valence-electron chi connectivity index (χ3n) is 3.69. The fourth-order valence-corrected chi connectivity index (χ4v) is 3.00. The van der Waals surface area contributed by atoms with Crippen molar-refractivity contribution in [3.8, 4) is 0 Å². The van der Waals surface area contributed by atoms with Crippen molar-refractivity contribution in [2.75, 3.05) is 18.4 Å². The number of amides is 1. The van der Waals surface area contributed by atoms with Crippen molar-refractivity contribution in [1.29, 1.82) is 0 Å². The number of benzene rings is 1. The van der Waals surface area contributed by atoms with Gasteiger partial charge < -0.3 is 10.4 Å². The molecule has 0 aromatic heterocycles. The first-order valence-electron chi connectivity index (χ1n) is 6.46. The van der Waals surface area contributed by atoms with Gasteiger partial charge in [0.25, 0.3) is 0 Å². The highest BCUT2D eigenvalue weighted by atomic mass is 127. The lowest BCUT2D eigenvalue weighted by Crippen LogP contribution is -2.50. The molecular weight excluding hydrogens is 371 g/mol. The number of carbonyl (C=O) groups excluding carboxylic acids is 1. The zero-order chi connectivity index (χ0) is 14.8. The molecule has 0 bridgehead atoms. The maximum atomic E-state index is 12.0. The predicted molar refractivity (Wildman–Crippen MR) is 84.6 cm³/mol. The lowest BCUT2D eigenvalue weighted by atomic mass is 9.99. The van der Waals surface area contributed by atoms with Gasteiger partial charge in [0.2, 0.25) is 5.91 Å². The van der Waals surface area contributed by atoms with Crippen molar-refractivity contribution < 1.29 is 14.7 Å². The summed E-state index contributed by atoms with van der Waals surface area (Å²) in [6.45, 7) is 2.43. The maximum absolute atomic E-state index is 12.0. The number of likely N-dealkylation sites (tertiary alicyclic amines) is 1. The molecule has 1 fully saturated rings. The average Bonchev–Trinajstić information content (AvgIpc) is 2.72. The van der Waals surface area contributed by atoms with Crippen molar-refractivity contribution in [3.63, 3.8) is 0 Å². The minimum Gasteiger partial charge on any atom is -0.480 e. The Morgan fingerprint density at radius 3 is 2.90 bits per heavy atom. The second-order valence-corrected chi connectivity index (χ2v) is 6.41. The number of aliphatic carboxylic acids is 1. The first kappa shape index (κ1) is 15.2. The lowest BCUT2D eigenvalue weighted by molar-refractivity contribution is -0.149. The van der Waals surface area contributed by atoms with Gasteiger partial charge in [-0.15, -0.1) is 0 Å².